The van der Waals surface area contributed by atoms with E-state index < -0.39 is 0 Å². The van der Waals surface area contributed by atoms with Crippen molar-refractivity contribution in [3.8, 4) is 0 Å². The van der Waals surface area contributed by atoms with Crippen molar-refractivity contribution in [2.75, 3.05) is 11.1 Å². The van der Waals surface area contributed by atoms with E-state index in [0.717, 1.165) is 24.2 Å². The van der Waals surface area contributed by atoms with Crippen LogP contribution in [0.3, 0.4) is 0 Å². The fraction of sp³-hybridized carbons (Fsp3) is 0.467. The lowest BCUT2D eigenvalue weighted by Gasteiger charge is -2.26. The molecule has 3 rings (SSSR count). The van der Waals surface area contributed by atoms with Gasteiger partial charge in [-0.25, -0.2) is 9.97 Å². The van der Waals surface area contributed by atoms with Gasteiger partial charge in [-0.1, -0.05) is 6.92 Å². The quantitative estimate of drug-likeness (QED) is 0.921. The van der Waals surface area contributed by atoms with Crippen molar-refractivity contribution in [1.29, 1.82) is 0 Å². The lowest BCUT2D eigenvalue weighted by atomic mass is 10.0. The van der Waals surface area contributed by atoms with Gasteiger partial charge in [0.25, 0.3) is 0 Å². The van der Waals surface area contributed by atoms with E-state index in [-0.39, 0.29) is 5.54 Å². The molecular formula is C15H19N3S. The number of thioether (sulfide) groups is 1. The molecule has 2 heterocycles. The number of hydrogen-bond acceptors (Lipinski definition) is 4. The predicted molar refractivity (Wildman–Crippen MR) is 82.0 cm³/mol. The highest BCUT2D eigenvalue weighted by Gasteiger charge is 2.21. The molecule has 1 aromatic carbocycles. The van der Waals surface area contributed by atoms with E-state index in [1.807, 2.05) is 11.8 Å². The molecule has 1 aliphatic rings. The first-order valence-electron chi connectivity index (χ1n) is 6.78. The van der Waals surface area contributed by atoms with Crippen LogP contribution in [0.5, 0.6) is 0 Å². The summed E-state index contributed by atoms with van der Waals surface area (Å²) in [5.74, 6) is 2.15. The Labute approximate surface area is 118 Å². The van der Waals surface area contributed by atoms with E-state index in [2.05, 4.69) is 48.2 Å². The summed E-state index contributed by atoms with van der Waals surface area (Å²) < 4.78 is 0. The van der Waals surface area contributed by atoms with Crippen LogP contribution in [0.25, 0.3) is 10.9 Å². The van der Waals surface area contributed by atoms with Crippen LogP contribution in [-0.2, 0) is 6.42 Å². The molecular weight excluding hydrogens is 254 g/mol. The monoisotopic (exact) mass is 273 g/mol. The van der Waals surface area contributed by atoms with E-state index in [9.17, 15) is 0 Å². The third-order valence-electron chi connectivity index (χ3n) is 3.82. The molecule has 0 aliphatic carbocycles. The predicted octanol–water partition coefficient (Wildman–Crippen LogP) is 3.88. The summed E-state index contributed by atoms with van der Waals surface area (Å²) >= 11 is 1.93. The van der Waals surface area contributed by atoms with Gasteiger partial charge < -0.3 is 5.32 Å². The maximum Gasteiger partial charge on any atom is 0.138 e. The first kappa shape index (κ1) is 12.7. The third kappa shape index (κ3) is 2.29. The molecule has 0 radical (unpaired) electrons. The lowest BCUT2D eigenvalue weighted by Crippen LogP contribution is -2.30. The summed E-state index contributed by atoms with van der Waals surface area (Å²) in [5.41, 5.74) is 2.51. The summed E-state index contributed by atoms with van der Waals surface area (Å²) in [6, 6.07) is 4.30. The lowest BCUT2D eigenvalue weighted by molar-refractivity contribution is 0.545. The van der Waals surface area contributed by atoms with Crippen LogP contribution in [0.4, 0.5) is 5.82 Å². The van der Waals surface area contributed by atoms with Gasteiger partial charge in [0, 0.05) is 21.6 Å². The molecule has 0 atom stereocenters. The highest BCUT2D eigenvalue weighted by Crippen LogP contribution is 2.38. The molecule has 2 aromatic rings. The number of aromatic nitrogens is 2. The minimum atomic E-state index is 0.0513. The zero-order valence-electron chi connectivity index (χ0n) is 11.7. The van der Waals surface area contributed by atoms with E-state index in [1.165, 1.54) is 21.6 Å². The molecule has 4 heteroatoms. The normalized spacial score (nSPS) is 14.7. The Morgan fingerprint density at radius 3 is 2.95 bits per heavy atom. The van der Waals surface area contributed by atoms with Crippen molar-refractivity contribution in [3.05, 3.63) is 24.0 Å². The van der Waals surface area contributed by atoms with Crippen molar-refractivity contribution < 1.29 is 0 Å². The number of fused-ring (bicyclic) bond motifs is 3. The fourth-order valence-corrected chi connectivity index (χ4v) is 3.42. The first-order chi connectivity index (χ1) is 9.11. The summed E-state index contributed by atoms with van der Waals surface area (Å²) in [4.78, 5) is 10.3. The van der Waals surface area contributed by atoms with E-state index in [1.54, 1.807) is 6.33 Å². The molecule has 0 spiro atoms. The number of aryl methyl sites for hydroxylation is 1. The summed E-state index contributed by atoms with van der Waals surface area (Å²) in [7, 11) is 0. The Morgan fingerprint density at radius 1 is 1.32 bits per heavy atom. The minimum absolute atomic E-state index is 0.0513. The minimum Gasteiger partial charge on any atom is -0.365 e. The van der Waals surface area contributed by atoms with Crippen molar-refractivity contribution in [3.63, 3.8) is 0 Å². The summed E-state index contributed by atoms with van der Waals surface area (Å²) in [6.07, 6.45) is 3.83. The average molecular weight is 273 g/mol. The highest BCUT2D eigenvalue weighted by atomic mass is 32.2. The Morgan fingerprint density at radius 2 is 2.16 bits per heavy atom. The van der Waals surface area contributed by atoms with E-state index in [0.29, 0.717) is 0 Å². The molecule has 0 fully saturated rings. The van der Waals surface area contributed by atoms with Gasteiger partial charge in [-0.3, -0.25) is 0 Å². The van der Waals surface area contributed by atoms with Crippen LogP contribution in [0, 0.1) is 0 Å². The zero-order chi connectivity index (χ0) is 13.5. The molecule has 0 bridgehead atoms. The van der Waals surface area contributed by atoms with Gasteiger partial charge in [-0.15, -0.1) is 11.8 Å². The van der Waals surface area contributed by atoms with E-state index in [4.69, 9.17) is 0 Å². The maximum atomic E-state index is 4.49. The van der Waals surface area contributed by atoms with Gasteiger partial charge in [-0.05, 0) is 44.4 Å². The SMILES string of the molecule is CCC(C)(C)Nc1ncnc2ccc3c(c12)CCS3. The number of nitrogens with one attached hydrogen (secondary N) is 1. The smallest absolute Gasteiger partial charge is 0.138 e. The standard InChI is InChI=1S/C15H19N3S/c1-4-15(2,3)18-14-13-10-7-8-19-12(10)6-5-11(13)16-9-17-14/h5-6,9H,4,7-8H2,1-3H3,(H,16,17,18). The highest BCUT2D eigenvalue weighted by molar-refractivity contribution is 7.99. The number of benzene rings is 1. The largest absolute Gasteiger partial charge is 0.365 e. The van der Waals surface area contributed by atoms with Gasteiger partial charge >= 0.3 is 0 Å². The number of anilines is 1. The van der Waals surface area contributed by atoms with Gasteiger partial charge in [-0.2, -0.15) is 0 Å². The van der Waals surface area contributed by atoms with Crippen LogP contribution in [0.1, 0.15) is 32.8 Å². The summed E-state index contributed by atoms with van der Waals surface area (Å²) in [5, 5.41) is 4.79. The molecule has 0 saturated carbocycles. The Bertz CT molecular complexity index is 622. The first-order valence-corrected chi connectivity index (χ1v) is 7.77. The van der Waals surface area contributed by atoms with Gasteiger partial charge in [0.05, 0.1) is 5.52 Å². The molecule has 1 aliphatic heterocycles. The third-order valence-corrected chi connectivity index (χ3v) is 4.92. The molecule has 0 unspecified atom stereocenters. The molecule has 100 valence electrons. The second-order valence-electron chi connectivity index (χ2n) is 5.62. The van der Waals surface area contributed by atoms with Crippen molar-refractivity contribution in [2.24, 2.45) is 0 Å². The molecule has 19 heavy (non-hydrogen) atoms. The second kappa shape index (κ2) is 4.67. The van der Waals surface area contributed by atoms with Crippen molar-refractivity contribution in [2.45, 2.75) is 44.0 Å². The van der Waals surface area contributed by atoms with Gasteiger partial charge in [0.1, 0.15) is 12.1 Å². The Kier molecular flexibility index (Phi) is 3.13. The second-order valence-corrected chi connectivity index (χ2v) is 6.76. The van der Waals surface area contributed by atoms with Crippen molar-refractivity contribution in [1.82, 2.24) is 9.97 Å². The number of nitrogens with zero attached hydrogens (tertiary/aromatic N) is 2. The molecule has 0 amide bonds. The average Bonchev–Trinajstić information content (AvgIpc) is 2.86. The topological polar surface area (TPSA) is 37.8 Å². The molecule has 3 nitrogen and oxygen atoms in total. The Hall–Kier alpha value is -1.29. The molecule has 1 aromatic heterocycles. The van der Waals surface area contributed by atoms with Gasteiger partial charge in [0.15, 0.2) is 0 Å². The molecule has 0 saturated heterocycles. The van der Waals surface area contributed by atoms with Crippen LogP contribution in [0.15, 0.2) is 23.4 Å². The maximum absolute atomic E-state index is 4.49. The molecule has 1 N–H and O–H groups in total. The summed E-state index contributed by atoms with van der Waals surface area (Å²) in [6.45, 7) is 6.61. The van der Waals surface area contributed by atoms with Gasteiger partial charge in [0.2, 0.25) is 0 Å². The van der Waals surface area contributed by atoms with Crippen LogP contribution in [0.2, 0.25) is 0 Å². The van der Waals surface area contributed by atoms with Crippen molar-refractivity contribution >= 4 is 28.5 Å². The number of hydrogen-bond donors (Lipinski definition) is 1. The fourth-order valence-electron chi connectivity index (χ4n) is 2.35. The van der Waals surface area contributed by atoms with Crippen LogP contribution >= 0.6 is 11.8 Å². The zero-order valence-corrected chi connectivity index (χ0v) is 12.5. The Balaban J connectivity index is 2.17. The number of rotatable bonds is 3. The van der Waals surface area contributed by atoms with Crippen LogP contribution in [-0.4, -0.2) is 21.3 Å². The van der Waals surface area contributed by atoms with E-state index >= 15 is 0 Å². The van der Waals surface area contributed by atoms with Crippen LogP contribution < -0.4 is 5.32 Å².